The molecule has 7 aromatic rings. The van der Waals surface area contributed by atoms with E-state index in [1.165, 1.54) is 104 Å². The number of fused-ring (bicyclic) bond motifs is 10. The monoisotopic (exact) mass is 857 g/mol. The van der Waals surface area contributed by atoms with Crippen LogP contribution in [0.3, 0.4) is 0 Å². The summed E-state index contributed by atoms with van der Waals surface area (Å²) in [6.07, 6.45) is 9.57. The lowest BCUT2D eigenvalue weighted by Gasteiger charge is -2.53. The van der Waals surface area contributed by atoms with Gasteiger partial charge in [-0.1, -0.05) is 157 Å². The van der Waals surface area contributed by atoms with E-state index < -0.39 is 0 Å². The molecule has 66 heavy (non-hydrogen) atoms. The first-order valence-electron chi connectivity index (χ1n) is 24.3. The standard InChI is InChI=1S/C61H56BN3O/c1-39-30-32-45(55-46-25-14-16-29-54(46)66-58(39)55)44-24-13-15-28-50(44)63(41-20-9-7-10-21-41)43-31-33-48-51(38-43)64(42-22-11-8-12-23-42)52-36-40(59(2,3)4)37-53-56(52)62(48)49-27-19-26-47-57(49)65(53)61(6)35-18-17-34-60(47,61)5/h7-16,19-33,36-39,58H,17-18,34-35H2,1-6H3. The molecule has 13 rings (SSSR count). The van der Waals surface area contributed by atoms with Gasteiger partial charge in [0.1, 0.15) is 11.9 Å². The molecule has 2 aliphatic carbocycles. The molecule has 0 amide bonds. The molecular weight excluding hydrogens is 802 g/mol. The van der Waals surface area contributed by atoms with E-state index >= 15 is 0 Å². The molecule has 324 valence electrons. The van der Waals surface area contributed by atoms with Crippen LogP contribution in [0.1, 0.15) is 89.5 Å². The largest absolute Gasteiger partial charge is 0.484 e. The Morgan fingerprint density at radius 2 is 1.38 bits per heavy atom. The highest BCUT2D eigenvalue weighted by Crippen LogP contribution is 2.62. The summed E-state index contributed by atoms with van der Waals surface area (Å²) in [4.78, 5) is 7.93. The van der Waals surface area contributed by atoms with Crippen molar-refractivity contribution in [3.8, 4) is 5.75 Å². The number of para-hydroxylation sites is 5. The van der Waals surface area contributed by atoms with E-state index in [0.717, 1.165) is 22.8 Å². The fourth-order valence-corrected chi connectivity index (χ4v) is 13.1. The van der Waals surface area contributed by atoms with Gasteiger partial charge in [0.2, 0.25) is 0 Å². The predicted molar refractivity (Wildman–Crippen MR) is 278 cm³/mol. The first-order chi connectivity index (χ1) is 32.0. The van der Waals surface area contributed by atoms with Crippen LogP contribution >= 0.6 is 0 Å². The summed E-state index contributed by atoms with van der Waals surface area (Å²) < 4.78 is 6.70. The Kier molecular flexibility index (Phi) is 8.49. The van der Waals surface area contributed by atoms with Gasteiger partial charge in [-0.15, -0.1) is 0 Å². The molecule has 1 fully saturated rings. The molecule has 4 unspecified atom stereocenters. The van der Waals surface area contributed by atoms with Crippen molar-refractivity contribution in [3.63, 3.8) is 0 Å². The quantitative estimate of drug-likeness (QED) is 0.161. The van der Waals surface area contributed by atoms with Gasteiger partial charge >= 0.3 is 0 Å². The van der Waals surface area contributed by atoms with Crippen LogP contribution in [0.5, 0.6) is 5.75 Å². The van der Waals surface area contributed by atoms with E-state index in [9.17, 15) is 0 Å². The van der Waals surface area contributed by atoms with Gasteiger partial charge in [-0.3, -0.25) is 0 Å². The van der Waals surface area contributed by atoms with E-state index in [1.54, 1.807) is 0 Å². The normalized spacial score (nSPS) is 22.8. The SMILES string of the molecule is CC1C=CC(c2ccccc2N(c2ccccc2)c2ccc3c(c2)N(c2ccccc2)c2cc(C(C)(C)C)cc4c2B3c2cccc3c2N4C2(C)CCCCC32C)=C2c3ccccc3OC21. The molecule has 0 saturated heterocycles. The maximum atomic E-state index is 6.70. The van der Waals surface area contributed by atoms with E-state index in [4.69, 9.17) is 4.74 Å². The Morgan fingerprint density at radius 1 is 0.667 bits per heavy atom. The van der Waals surface area contributed by atoms with Gasteiger partial charge < -0.3 is 19.4 Å². The van der Waals surface area contributed by atoms with E-state index in [2.05, 4.69) is 226 Å². The summed E-state index contributed by atoms with van der Waals surface area (Å²) in [5, 5.41) is 0. The molecule has 7 aromatic carbocycles. The van der Waals surface area contributed by atoms with Crippen molar-refractivity contribution in [1.82, 2.24) is 0 Å². The third-order valence-corrected chi connectivity index (χ3v) is 16.6. The molecule has 6 aliphatic rings. The summed E-state index contributed by atoms with van der Waals surface area (Å²) >= 11 is 0. The lowest BCUT2D eigenvalue weighted by atomic mass is 9.33. The summed E-state index contributed by atoms with van der Waals surface area (Å²) in [5.74, 6) is 1.22. The van der Waals surface area contributed by atoms with Gasteiger partial charge in [-0.05, 0) is 119 Å². The summed E-state index contributed by atoms with van der Waals surface area (Å²) in [7, 11) is 0. The summed E-state index contributed by atoms with van der Waals surface area (Å²) in [6, 6.07) is 59.4. The van der Waals surface area contributed by atoms with Crippen molar-refractivity contribution in [3.05, 3.63) is 192 Å². The zero-order chi connectivity index (χ0) is 44.7. The second-order valence-electron chi connectivity index (χ2n) is 21.2. The zero-order valence-corrected chi connectivity index (χ0v) is 39.0. The van der Waals surface area contributed by atoms with Crippen LogP contribution in [-0.2, 0) is 10.8 Å². The second kappa shape index (κ2) is 14.1. The molecule has 4 aliphatic heterocycles. The molecule has 0 radical (unpaired) electrons. The number of allylic oxidation sites excluding steroid dienone is 2. The summed E-state index contributed by atoms with van der Waals surface area (Å²) in [6.45, 7) is 14.6. The molecule has 0 aromatic heterocycles. The molecule has 4 nitrogen and oxygen atoms in total. The molecule has 4 heterocycles. The van der Waals surface area contributed by atoms with Crippen LogP contribution in [0.4, 0.5) is 45.5 Å². The van der Waals surface area contributed by atoms with Crippen molar-refractivity contribution in [2.45, 2.75) is 89.7 Å². The molecule has 5 heteroatoms. The molecule has 0 spiro atoms. The van der Waals surface area contributed by atoms with Crippen molar-refractivity contribution >= 4 is 79.7 Å². The highest BCUT2D eigenvalue weighted by Gasteiger charge is 2.61. The van der Waals surface area contributed by atoms with Gasteiger partial charge in [-0.25, -0.2) is 0 Å². The first kappa shape index (κ1) is 39.6. The zero-order valence-electron chi connectivity index (χ0n) is 39.0. The van der Waals surface area contributed by atoms with E-state index in [1.807, 2.05) is 0 Å². The first-order valence-corrected chi connectivity index (χ1v) is 24.3. The van der Waals surface area contributed by atoms with Crippen molar-refractivity contribution in [1.29, 1.82) is 0 Å². The van der Waals surface area contributed by atoms with Gasteiger partial charge in [0.15, 0.2) is 0 Å². The maximum absolute atomic E-state index is 6.70. The predicted octanol–water partition coefficient (Wildman–Crippen LogP) is 13.7. The third kappa shape index (κ3) is 5.40. The van der Waals surface area contributed by atoms with Crippen molar-refractivity contribution in [2.75, 3.05) is 14.7 Å². The minimum atomic E-state index is -0.0689. The molecule has 4 atom stereocenters. The highest BCUT2D eigenvalue weighted by atomic mass is 16.5. The number of ether oxygens (including phenoxy) is 1. The van der Waals surface area contributed by atoms with Gasteiger partial charge in [-0.2, -0.15) is 0 Å². The van der Waals surface area contributed by atoms with Gasteiger partial charge in [0.05, 0.1) is 11.2 Å². The van der Waals surface area contributed by atoms with Crippen LogP contribution in [0.2, 0.25) is 0 Å². The lowest BCUT2D eigenvalue weighted by Crippen LogP contribution is -2.64. The minimum Gasteiger partial charge on any atom is -0.484 e. The van der Waals surface area contributed by atoms with Crippen LogP contribution in [-0.4, -0.2) is 18.4 Å². The fraction of sp³-hybridized carbons (Fsp3) is 0.246. The van der Waals surface area contributed by atoms with Gasteiger partial charge in [0.25, 0.3) is 6.71 Å². The van der Waals surface area contributed by atoms with E-state index in [0.29, 0.717) is 0 Å². The van der Waals surface area contributed by atoms with Crippen LogP contribution < -0.4 is 35.8 Å². The molecule has 1 saturated carbocycles. The number of rotatable bonds is 5. The van der Waals surface area contributed by atoms with Gasteiger partial charge in [0, 0.05) is 67.8 Å². The van der Waals surface area contributed by atoms with Crippen molar-refractivity contribution in [2.24, 2.45) is 5.92 Å². The van der Waals surface area contributed by atoms with Crippen LogP contribution in [0, 0.1) is 5.92 Å². The number of anilines is 8. The minimum absolute atomic E-state index is 0.0290. The highest BCUT2D eigenvalue weighted by molar-refractivity contribution is 7.00. The Morgan fingerprint density at radius 3 is 2.18 bits per heavy atom. The number of benzene rings is 7. The Hall–Kier alpha value is -6.72. The van der Waals surface area contributed by atoms with E-state index in [-0.39, 0.29) is 35.1 Å². The second-order valence-corrected chi connectivity index (χ2v) is 21.2. The maximum Gasteiger partial charge on any atom is 0.252 e. The average Bonchev–Trinajstić information content (AvgIpc) is 3.83. The molecule has 0 bridgehead atoms. The van der Waals surface area contributed by atoms with Crippen LogP contribution in [0.25, 0.3) is 11.1 Å². The number of nitrogens with zero attached hydrogens (tertiary/aromatic N) is 3. The summed E-state index contributed by atoms with van der Waals surface area (Å²) in [5.41, 5.74) is 21.8. The number of hydrogen-bond acceptors (Lipinski definition) is 4. The fourth-order valence-electron chi connectivity index (χ4n) is 13.1. The Labute approximate surface area is 391 Å². The molecule has 0 N–H and O–H groups in total. The number of hydrogen-bond donors (Lipinski definition) is 0. The average molecular weight is 858 g/mol. The Bertz CT molecular complexity index is 3200. The van der Waals surface area contributed by atoms with Crippen LogP contribution in [0.15, 0.2) is 170 Å². The van der Waals surface area contributed by atoms with Crippen molar-refractivity contribution < 1.29 is 4.74 Å². The third-order valence-electron chi connectivity index (χ3n) is 16.6. The molecular formula is C61H56BN3O. The lowest BCUT2D eigenvalue weighted by molar-refractivity contribution is 0.195. The topological polar surface area (TPSA) is 19.0 Å². The smallest absolute Gasteiger partial charge is 0.252 e. The Balaban J connectivity index is 1.08.